The molecule has 0 unspecified atom stereocenters. The first kappa shape index (κ1) is 18.7. The molecule has 0 fully saturated rings. The number of ether oxygens (including phenoxy) is 1. The zero-order chi connectivity index (χ0) is 18.7. The van der Waals surface area contributed by atoms with E-state index in [2.05, 4.69) is 16.3 Å². The molecule has 0 N–H and O–H groups in total. The van der Waals surface area contributed by atoms with Crippen LogP contribution < -0.4 is 4.74 Å². The summed E-state index contributed by atoms with van der Waals surface area (Å²) >= 11 is 7.45. The minimum absolute atomic E-state index is 0.313. The van der Waals surface area contributed by atoms with Gasteiger partial charge in [0.1, 0.15) is 18.2 Å². The number of hydrogen-bond donors (Lipinski definition) is 0. The van der Waals surface area contributed by atoms with Crippen LogP contribution in [-0.2, 0) is 19.4 Å². The number of aryl methyl sites for hydroxylation is 2. The lowest BCUT2D eigenvalue weighted by molar-refractivity contribution is 0.290. The van der Waals surface area contributed by atoms with Gasteiger partial charge in [-0.15, -0.1) is 10.2 Å². The van der Waals surface area contributed by atoms with Crippen molar-refractivity contribution in [3.63, 3.8) is 0 Å². The van der Waals surface area contributed by atoms with Crippen molar-refractivity contribution in [1.82, 2.24) is 14.8 Å². The number of aromatic nitrogens is 3. The van der Waals surface area contributed by atoms with Crippen LogP contribution in [-0.4, -0.2) is 14.8 Å². The number of nitrogens with zero attached hydrogens (tertiary/aromatic N) is 3. The first-order chi connectivity index (χ1) is 12.4. The van der Waals surface area contributed by atoms with Gasteiger partial charge in [0.05, 0.1) is 0 Å². The van der Waals surface area contributed by atoms with Gasteiger partial charge in [-0.2, -0.15) is 0 Å². The van der Waals surface area contributed by atoms with Crippen LogP contribution in [0.15, 0.2) is 41.6 Å². The molecule has 4 nitrogen and oxygen atoms in total. The maximum absolute atomic E-state index is 13.9. The van der Waals surface area contributed by atoms with Gasteiger partial charge in [0, 0.05) is 23.4 Å². The molecule has 7 heteroatoms. The lowest BCUT2D eigenvalue weighted by Gasteiger charge is -2.09. The van der Waals surface area contributed by atoms with E-state index in [1.165, 1.54) is 17.8 Å². The van der Waals surface area contributed by atoms with Gasteiger partial charge in [-0.05, 0) is 49.2 Å². The van der Waals surface area contributed by atoms with Gasteiger partial charge in [0.25, 0.3) is 0 Å². The Morgan fingerprint density at radius 2 is 1.88 bits per heavy atom. The lowest BCUT2D eigenvalue weighted by atomic mass is 10.1. The molecule has 2 aromatic carbocycles. The fraction of sp³-hybridized carbons (Fsp3) is 0.263. The van der Waals surface area contributed by atoms with Gasteiger partial charge >= 0.3 is 0 Å². The van der Waals surface area contributed by atoms with Crippen LogP contribution in [0.4, 0.5) is 4.39 Å². The SMILES string of the molecule is Cc1cc(C)cc(OCc2nnc(SCc3c(F)cccc3Cl)n2C)c1. The Hall–Kier alpha value is -2.05. The second kappa shape index (κ2) is 8.10. The minimum atomic E-state index is -0.314. The molecule has 3 aromatic rings. The summed E-state index contributed by atoms with van der Waals surface area (Å²) in [4.78, 5) is 0. The van der Waals surface area contributed by atoms with Crippen LogP contribution in [0.2, 0.25) is 5.02 Å². The Bertz CT molecular complexity index is 889. The average Bonchev–Trinajstić information content (AvgIpc) is 2.92. The first-order valence-electron chi connectivity index (χ1n) is 8.09. The standard InChI is InChI=1S/C19H19ClFN3OS/c1-12-7-13(2)9-14(8-12)25-10-18-22-23-19(24(18)3)26-11-15-16(20)5-4-6-17(15)21/h4-9H,10-11H2,1-3H3. The maximum Gasteiger partial charge on any atom is 0.191 e. The molecular weight excluding hydrogens is 373 g/mol. The second-order valence-corrected chi connectivity index (χ2v) is 7.41. The average molecular weight is 392 g/mol. The van der Waals surface area contributed by atoms with E-state index in [0.717, 1.165) is 16.9 Å². The largest absolute Gasteiger partial charge is 0.486 e. The van der Waals surface area contributed by atoms with E-state index in [9.17, 15) is 4.39 Å². The third kappa shape index (κ3) is 4.37. The van der Waals surface area contributed by atoms with Gasteiger partial charge < -0.3 is 9.30 Å². The zero-order valence-corrected chi connectivity index (χ0v) is 16.4. The Balaban J connectivity index is 1.66. The summed E-state index contributed by atoms with van der Waals surface area (Å²) in [6.45, 7) is 4.38. The second-order valence-electron chi connectivity index (χ2n) is 6.06. The molecule has 26 heavy (non-hydrogen) atoms. The number of hydrogen-bond acceptors (Lipinski definition) is 4. The van der Waals surface area contributed by atoms with E-state index in [0.29, 0.717) is 33.9 Å². The predicted octanol–water partition coefficient (Wildman–Crippen LogP) is 5.10. The summed E-state index contributed by atoms with van der Waals surface area (Å²) in [6.07, 6.45) is 0. The van der Waals surface area contributed by atoms with Crippen LogP contribution in [0.25, 0.3) is 0 Å². The number of halogens is 2. The van der Waals surface area contributed by atoms with E-state index < -0.39 is 0 Å². The molecule has 0 saturated heterocycles. The highest BCUT2D eigenvalue weighted by Crippen LogP contribution is 2.27. The third-order valence-corrected chi connectivity index (χ3v) is 5.30. The summed E-state index contributed by atoms with van der Waals surface area (Å²) in [6, 6.07) is 10.7. The molecule has 1 heterocycles. The maximum atomic E-state index is 13.9. The third-order valence-electron chi connectivity index (χ3n) is 3.90. The van der Waals surface area contributed by atoms with Crippen molar-refractivity contribution in [2.75, 3.05) is 0 Å². The van der Waals surface area contributed by atoms with Crippen LogP contribution in [0.1, 0.15) is 22.5 Å². The van der Waals surface area contributed by atoms with Gasteiger partial charge in [-0.3, -0.25) is 0 Å². The van der Waals surface area contributed by atoms with Gasteiger partial charge in [-0.25, -0.2) is 4.39 Å². The Morgan fingerprint density at radius 3 is 2.58 bits per heavy atom. The molecule has 1 aromatic heterocycles. The van der Waals surface area contributed by atoms with Crippen LogP contribution >= 0.6 is 23.4 Å². The molecule has 0 aliphatic carbocycles. The summed E-state index contributed by atoms with van der Waals surface area (Å²) in [5.74, 6) is 1.57. The van der Waals surface area contributed by atoms with Gasteiger partial charge in [0.15, 0.2) is 11.0 Å². The topological polar surface area (TPSA) is 39.9 Å². The summed E-state index contributed by atoms with van der Waals surface area (Å²) < 4.78 is 21.6. The van der Waals surface area contributed by atoms with E-state index in [1.54, 1.807) is 12.1 Å². The van der Waals surface area contributed by atoms with Gasteiger partial charge in [-0.1, -0.05) is 35.5 Å². The fourth-order valence-corrected chi connectivity index (χ4v) is 3.84. The van der Waals surface area contributed by atoms with Crippen LogP contribution in [0.3, 0.4) is 0 Å². The van der Waals surface area contributed by atoms with Crippen molar-refractivity contribution in [3.05, 3.63) is 69.8 Å². The first-order valence-corrected chi connectivity index (χ1v) is 9.45. The lowest BCUT2D eigenvalue weighted by Crippen LogP contribution is -2.04. The molecular formula is C19H19ClFN3OS. The highest BCUT2D eigenvalue weighted by molar-refractivity contribution is 7.98. The molecule has 0 atom stereocenters. The molecule has 0 aliphatic rings. The summed E-state index contributed by atoms with van der Waals surface area (Å²) in [5, 5.41) is 9.44. The molecule has 0 radical (unpaired) electrons. The van der Waals surface area contributed by atoms with E-state index in [4.69, 9.17) is 16.3 Å². The van der Waals surface area contributed by atoms with Crippen molar-refractivity contribution in [1.29, 1.82) is 0 Å². The monoisotopic (exact) mass is 391 g/mol. The van der Waals surface area contributed by atoms with Crippen molar-refractivity contribution >= 4 is 23.4 Å². The van der Waals surface area contributed by atoms with E-state index in [1.807, 2.05) is 37.6 Å². The number of benzene rings is 2. The van der Waals surface area contributed by atoms with Gasteiger partial charge in [0.2, 0.25) is 0 Å². The summed E-state index contributed by atoms with van der Waals surface area (Å²) in [7, 11) is 1.87. The van der Waals surface area contributed by atoms with Crippen LogP contribution in [0, 0.1) is 19.7 Å². The molecule has 0 spiro atoms. The Kier molecular flexibility index (Phi) is 5.84. The molecule has 0 bridgehead atoms. The molecule has 0 saturated carbocycles. The predicted molar refractivity (Wildman–Crippen MR) is 102 cm³/mol. The normalized spacial score (nSPS) is 11.0. The molecule has 136 valence electrons. The van der Waals surface area contributed by atoms with Crippen molar-refractivity contribution in [2.24, 2.45) is 7.05 Å². The quantitative estimate of drug-likeness (QED) is 0.548. The Labute approximate surface area is 161 Å². The van der Waals surface area contributed by atoms with E-state index >= 15 is 0 Å². The number of thioether (sulfide) groups is 1. The van der Waals surface area contributed by atoms with Crippen molar-refractivity contribution < 1.29 is 9.13 Å². The fourth-order valence-electron chi connectivity index (χ4n) is 2.57. The number of rotatable bonds is 6. The molecule has 3 rings (SSSR count). The van der Waals surface area contributed by atoms with Crippen LogP contribution in [0.5, 0.6) is 5.75 Å². The van der Waals surface area contributed by atoms with Crippen molar-refractivity contribution in [2.45, 2.75) is 31.4 Å². The molecule has 0 amide bonds. The minimum Gasteiger partial charge on any atom is -0.486 e. The highest BCUT2D eigenvalue weighted by Gasteiger charge is 2.13. The van der Waals surface area contributed by atoms with Crippen molar-refractivity contribution in [3.8, 4) is 5.75 Å². The van der Waals surface area contributed by atoms with E-state index in [-0.39, 0.29) is 5.82 Å². The zero-order valence-electron chi connectivity index (χ0n) is 14.8. The smallest absolute Gasteiger partial charge is 0.191 e. The molecule has 0 aliphatic heterocycles. The Morgan fingerprint density at radius 1 is 1.15 bits per heavy atom. The highest BCUT2D eigenvalue weighted by atomic mass is 35.5. The summed E-state index contributed by atoms with van der Waals surface area (Å²) in [5.41, 5.74) is 2.77.